The summed E-state index contributed by atoms with van der Waals surface area (Å²) in [6.07, 6.45) is 4.73. The minimum absolute atomic E-state index is 0.653. The van der Waals surface area contributed by atoms with Crippen molar-refractivity contribution in [3.63, 3.8) is 0 Å². The maximum Gasteiger partial charge on any atom is 0.331 e. The molecule has 0 spiro atoms. The first kappa shape index (κ1) is 22.6. The Bertz CT molecular complexity index is 788. The summed E-state index contributed by atoms with van der Waals surface area (Å²) in [5.74, 6) is -0.318. The number of nitrogens with one attached hydrogen (secondary N) is 2. The van der Waals surface area contributed by atoms with Gasteiger partial charge in [-0.1, -0.05) is 13.8 Å². The van der Waals surface area contributed by atoms with E-state index in [1.807, 2.05) is 38.1 Å². The van der Waals surface area contributed by atoms with Crippen molar-refractivity contribution < 1.29 is 19.1 Å². The maximum absolute atomic E-state index is 11.7. The summed E-state index contributed by atoms with van der Waals surface area (Å²) >= 11 is 0. The van der Waals surface area contributed by atoms with Crippen molar-refractivity contribution in [2.75, 3.05) is 13.2 Å². The number of benzene rings is 2. The Morgan fingerprint density at radius 2 is 1.10 bits per heavy atom. The molecule has 8 heteroatoms. The molecule has 2 rings (SSSR count). The molecule has 0 aliphatic heterocycles. The molecule has 158 valence electrons. The molecule has 2 N–H and O–H groups in total. The standard InChI is InChI=1S/C22H26N4O4/c1-3-13-29-19-9-5-17(6-10-19)15-23-25-21(27)22(28)26-24-16-18-7-11-20(12-8-18)30-14-4-2/h5-12,15-16H,3-4,13-14H2,1-2H3,(H,25,27)(H,26,28). The predicted octanol–water partition coefficient (Wildman–Crippen LogP) is 2.86. The Balaban J connectivity index is 1.75. The number of hydrazone groups is 2. The maximum atomic E-state index is 11.7. The smallest absolute Gasteiger partial charge is 0.331 e. The number of amides is 2. The van der Waals surface area contributed by atoms with Crippen LogP contribution in [0.1, 0.15) is 37.8 Å². The minimum atomic E-state index is -0.922. The van der Waals surface area contributed by atoms with Crippen LogP contribution in [-0.2, 0) is 9.59 Å². The third-order valence-electron chi connectivity index (χ3n) is 3.67. The topological polar surface area (TPSA) is 101 Å². The molecule has 0 unspecified atom stereocenters. The van der Waals surface area contributed by atoms with E-state index < -0.39 is 11.8 Å². The lowest BCUT2D eigenvalue weighted by Gasteiger charge is -2.04. The average Bonchev–Trinajstić information content (AvgIpc) is 2.77. The van der Waals surface area contributed by atoms with Gasteiger partial charge in [-0.25, -0.2) is 10.9 Å². The Labute approximate surface area is 176 Å². The van der Waals surface area contributed by atoms with Gasteiger partial charge in [-0.3, -0.25) is 9.59 Å². The highest BCUT2D eigenvalue weighted by molar-refractivity contribution is 6.35. The first-order valence-corrected chi connectivity index (χ1v) is 9.74. The highest BCUT2D eigenvalue weighted by Gasteiger charge is 2.11. The van der Waals surface area contributed by atoms with Gasteiger partial charge in [0, 0.05) is 0 Å². The second kappa shape index (κ2) is 12.7. The number of nitrogens with zero attached hydrogens (tertiary/aromatic N) is 2. The molecule has 8 nitrogen and oxygen atoms in total. The summed E-state index contributed by atoms with van der Waals surface area (Å²) in [6, 6.07) is 14.4. The van der Waals surface area contributed by atoms with E-state index in [-0.39, 0.29) is 0 Å². The molecule has 0 aliphatic carbocycles. The molecule has 30 heavy (non-hydrogen) atoms. The van der Waals surface area contributed by atoms with Crippen LogP contribution < -0.4 is 20.3 Å². The Kier molecular flexibility index (Phi) is 9.58. The Morgan fingerprint density at radius 1 is 0.733 bits per heavy atom. The van der Waals surface area contributed by atoms with Crippen molar-refractivity contribution in [3.05, 3.63) is 59.7 Å². The first-order valence-electron chi connectivity index (χ1n) is 9.74. The highest BCUT2D eigenvalue weighted by atomic mass is 16.5. The fraction of sp³-hybridized carbons (Fsp3) is 0.273. The van der Waals surface area contributed by atoms with Crippen molar-refractivity contribution in [2.24, 2.45) is 10.2 Å². The lowest BCUT2D eigenvalue weighted by molar-refractivity contribution is -0.139. The van der Waals surface area contributed by atoms with Crippen molar-refractivity contribution in [2.45, 2.75) is 26.7 Å². The lowest BCUT2D eigenvalue weighted by atomic mass is 10.2. The Hall–Kier alpha value is -3.68. The molecule has 0 aromatic heterocycles. The second-order valence-corrected chi connectivity index (χ2v) is 6.23. The second-order valence-electron chi connectivity index (χ2n) is 6.23. The van der Waals surface area contributed by atoms with Crippen LogP contribution in [0.3, 0.4) is 0 Å². The summed E-state index contributed by atoms with van der Waals surface area (Å²) in [7, 11) is 0. The number of hydrogen-bond donors (Lipinski definition) is 2. The molecule has 2 aromatic rings. The number of carbonyl (C=O) groups excluding carboxylic acids is 2. The molecule has 0 bridgehead atoms. The summed E-state index contributed by atoms with van der Waals surface area (Å²) in [5.41, 5.74) is 5.81. The average molecular weight is 410 g/mol. The van der Waals surface area contributed by atoms with Crippen LogP contribution in [-0.4, -0.2) is 37.5 Å². The van der Waals surface area contributed by atoms with Gasteiger partial charge in [0.15, 0.2) is 0 Å². The molecule has 0 saturated heterocycles. The van der Waals surface area contributed by atoms with Gasteiger partial charge < -0.3 is 9.47 Å². The molecule has 0 aliphatic rings. The highest BCUT2D eigenvalue weighted by Crippen LogP contribution is 2.12. The Morgan fingerprint density at radius 3 is 1.43 bits per heavy atom. The zero-order valence-corrected chi connectivity index (χ0v) is 17.1. The van der Waals surface area contributed by atoms with E-state index in [0.717, 1.165) is 35.5 Å². The van der Waals surface area contributed by atoms with Crippen molar-refractivity contribution >= 4 is 24.2 Å². The molecular weight excluding hydrogens is 384 g/mol. The minimum Gasteiger partial charge on any atom is -0.494 e. The van der Waals surface area contributed by atoms with Crippen LogP contribution in [0.4, 0.5) is 0 Å². The number of hydrogen-bond acceptors (Lipinski definition) is 6. The molecule has 2 amide bonds. The molecule has 0 fully saturated rings. The van der Waals surface area contributed by atoms with Gasteiger partial charge in [0.25, 0.3) is 0 Å². The van der Waals surface area contributed by atoms with E-state index in [0.29, 0.717) is 13.2 Å². The normalized spacial score (nSPS) is 10.9. The molecule has 0 heterocycles. The van der Waals surface area contributed by atoms with Gasteiger partial charge >= 0.3 is 11.8 Å². The molecule has 2 aromatic carbocycles. The van der Waals surface area contributed by atoms with E-state index in [4.69, 9.17) is 9.47 Å². The van der Waals surface area contributed by atoms with Gasteiger partial charge in [0.2, 0.25) is 0 Å². The van der Waals surface area contributed by atoms with Crippen LogP contribution in [0.25, 0.3) is 0 Å². The third-order valence-corrected chi connectivity index (χ3v) is 3.67. The third kappa shape index (κ3) is 8.14. The van der Waals surface area contributed by atoms with Crippen LogP contribution >= 0.6 is 0 Å². The van der Waals surface area contributed by atoms with Crippen LogP contribution in [0.15, 0.2) is 58.7 Å². The quantitative estimate of drug-likeness (QED) is 0.357. The van der Waals surface area contributed by atoms with Crippen LogP contribution in [0.2, 0.25) is 0 Å². The first-order chi connectivity index (χ1) is 14.6. The summed E-state index contributed by atoms with van der Waals surface area (Å²) in [4.78, 5) is 23.5. The molecule has 0 radical (unpaired) electrons. The number of ether oxygens (including phenoxy) is 2. The van der Waals surface area contributed by atoms with Crippen LogP contribution in [0, 0.1) is 0 Å². The van der Waals surface area contributed by atoms with Crippen molar-refractivity contribution in [3.8, 4) is 11.5 Å². The summed E-state index contributed by atoms with van der Waals surface area (Å²) in [6.45, 7) is 5.37. The van der Waals surface area contributed by atoms with Crippen molar-refractivity contribution in [1.82, 2.24) is 10.9 Å². The zero-order valence-electron chi connectivity index (χ0n) is 17.1. The van der Waals surface area contributed by atoms with Crippen LogP contribution in [0.5, 0.6) is 11.5 Å². The zero-order chi connectivity index (χ0) is 21.6. The van der Waals surface area contributed by atoms with Gasteiger partial charge in [0.05, 0.1) is 25.6 Å². The molecule has 0 atom stereocenters. The number of rotatable bonds is 10. The summed E-state index contributed by atoms with van der Waals surface area (Å²) < 4.78 is 11.0. The van der Waals surface area contributed by atoms with E-state index in [1.165, 1.54) is 12.4 Å². The molecular formula is C22H26N4O4. The predicted molar refractivity (Wildman–Crippen MR) is 116 cm³/mol. The largest absolute Gasteiger partial charge is 0.494 e. The summed E-state index contributed by atoms with van der Waals surface area (Å²) in [5, 5.41) is 7.53. The van der Waals surface area contributed by atoms with Gasteiger partial charge in [-0.2, -0.15) is 10.2 Å². The monoisotopic (exact) mass is 410 g/mol. The fourth-order valence-corrected chi connectivity index (χ4v) is 2.17. The molecule has 0 saturated carbocycles. The van der Waals surface area contributed by atoms with E-state index in [2.05, 4.69) is 21.1 Å². The van der Waals surface area contributed by atoms with Crippen molar-refractivity contribution in [1.29, 1.82) is 0 Å². The van der Waals surface area contributed by atoms with Gasteiger partial charge in [-0.15, -0.1) is 0 Å². The lowest BCUT2D eigenvalue weighted by Crippen LogP contribution is -2.35. The van der Waals surface area contributed by atoms with Gasteiger partial charge in [-0.05, 0) is 72.5 Å². The van der Waals surface area contributed by atoms with E-state index in [1.54, 1.807) is 24.3 Å². The SMILES string of the molecule is CCCOc1ccc(C=NNC(=O)C(=O)NN=Cc2ccc(OCCC)cc2)cc1. The fourth-order valence-electron chi connectivity index (χ4n) is 2.17. The van der Waals surface area contributed by atoms with Gasteiger partial charge in [0.1, 0.15) is 11.5 Å². The van der Waals surface area contributed by atoms with E-state index >= 15 is 0 Å². The number of carbonyl (C=O) groups is 2. The van der Waals surface area contributed by atoms with E-state index in [9.17, 15) is 9.59 Å².